The molecule has 2 aromatic carbocycles. The zero-order valence-corrected chi connectivity index (χ0v) is 18.8. The lowest BCUT2D eigenvalue weighted by atomic mass is 9.99. The quantitative estimate of drug-likeness (QED) is 0.560. The number of carbonyl (C=O) groups excluding carboxylic acids is 2. The fourth-order valence-corrected chi connectivity index (χ4v) is 6.54. The number of sulfone groups is 1. The molecule has 2 fully saturated rings. The average molecular weight is 466 g/mol. The number of hydrogen-bond acceptors (Lipinski definition) is 6. The van der Waals surface area contributed by atoms with Crippen molar-refractivity contribution in [2.75, 3.05) is 0 Å². The Morgan fingerprint density at radius 1 is 1.12 bits per heavy atom. The number of imide groups is 1. The van der Waals surface area contributed by atoms with Crippen molar-refractivity contribution in [3.63, 3.8) is 0 Å². The molecule has 1 aromatic heterocycles. The molecule has 3 aromatic rings. The molecule has 9 heteroatoms. The van der Waals surface area contributed by atoms with Crippen LogP contribution in [0, 0.1) is 6.92 Å². The highest BCUT2D eigenvalue weighted by molar-refractivity contribution is 7.92. The Morgan fingerprint density at radius 3 is 2.61 bits per heavy atom. The molecule has 0 bridgehead atoms. The Morgan fingerprint density at radius 2 is 1.88 bits per heavy atom. The summed E-state index contributed by atoms with van der Waals surface area (Å²) in [6.45, 7) is 2.26. The second kappa shape index (κ2) is 7.84. The number of aryl methyl sites for hydroxylation is 1. The van der Waals surface area contributed by atoms with Crippen LogP contribution in [0.3, 0.4) is 0 Å². The van der Waals surface area contributed by atoms with Gasteiger partial charge in [-0.3, -0.25) is 15.1 Å². The van der Waals surface area contributed by atoms with Crippen molar-refractivity contribution in [2.45, 2.75) is 48.5 Å². The van der Waals surface area contributed by atoms with Gasteiger partial charge in [-0.2, -0.15) is 0 Å². The molecule has 2 N–H and O–H groups in total. The van der Waals surface area contributed by atoms with E-state index in [4.69, 9.17) is 4.74 Å². The van der Waals surface area contributed by atoms with Gasteiger partial charge in [0.15, 0.2) is 9.84 Å². The first-order chi connectivity index (χ1) is 15.8. The molecule has 1 aliphatic heterocycles. The first-order valence-corrected chi connectivity index (χ1v) is 12.3. The van der Waals surface area contributed by atoms with E-state index in [0.29, 0.717) is 25.2 Å². The summed E-state index contributed by atoms with van der Waals surface area (Å²) in [6.07, 6.45) is 0.678. The van der Waals surface area contributed by atoms with Gasteiger partial charge in [0.2, 0.25) is 0 Å². The third-order valence-electron chi connectivity index (χ3n) is 6.40. The van der Waals surface area contributed by atoms with Crippen LogP contribution in [0.4, 0.5) is 4.79 Å². The zero-order valence-electron chi connectivity index (χ0n) is 18.0. The normalized spacial score (nSPS) is 22.5. The van der Waals surface area contributed by atoms with Gasteiger partial charge in [0.25, 0.3) is 5.91 Å². The average Bonchev–Trinajstić information content (AvgIpc) is 3.35. The van der Waals surface area contributed by atoms with Crippen molar-refractivity contribution >= 4 is 32.7 Å². The lowest BCUT2D eigenvalue weighted by molar-refractivity contribution is -0.123. The van der Waals surface area contributed by atoms with Crippen LogP contribution in [0.5, 0.6) is 5.75 Å². The van der Waals surface area contributed by atoms with Crippen LogP contribution in [-0.4, -0.2) is 36.1 Å². The van der Waals surface area contributed by atoms with Crippen LogP contribution in [-0.2, 0) is 21.2 Å². The number of rotatable bonds is 5. The van der Waals surface area contributed by atoms with Crippen LogP contribution in [0.2, 0.25) is 0 Å². The summed E-state index contributed by atoms with van der Waals surface area (Å²) in [4.78, 5) is 28.4. The number of amides is 3. The van der Waals surface area contributed by atoms with Crippen molar-refractivity contribution in [2.24, 2.45) is 0 Å². The van der Waals surface area contributed by atoms with E-state index >= 15 is 0 Å². The van der Waals surface area contributed by atoms with E-state index in [1.54, 1.807) is 12.1 Å². The first kappa shape index (κ1) is 21.4. The number of carbonyl (C=O) groups is 2. The number of urea groups is 1. The summed E-state index contributed by atoms with van der Waals surface area (Å²) < 4.78 is 32.2. The Hall–Kier alpha value is -3.46. The number of benzene rings is 2. The monoisotopic (exact) mass is 465 g/mol. The second-order valence-corrected chi connectivity index (χ2v) is 10.8. The lowest BCUT2D eigenvalue weighted by Gasteiger charge is -2.19. The number of fused-ring (bicyclic) bond motifs is 1. The summed E-state index contributed by atoms with van der Waals surface area (Å²) in [7, 11) is -3.66. The SMILES string of the molecule is Cc1cc(COc2ccc(S(=O)(=O)C3CCC4(C3)NC(=O)NC4=O)cc2)c2ccccc2n1. The van der Waals surface area contributed by atoms with Crippen molar-refractivity contribution in [3.8, 4) is 5.75 Å². The predicted octanol–water partition coefficient (Wildman–Crippen LogP) is 3.03. The third-order valence-corrected chi connectivity index (χ3v) is 8.61. The van der Waals surface area contributed by atoms with E-state index < -0.39 is 32.6 Å². The van der Waals surface area contributed by atoms with Crippen LogP contribution in [0.25, 0.3) is 10.9 Å². The minimum atomic E-state index is -3.66. The number of nitrogens with one attached hydrogen (secondary N) is 2. The van der Waals surface area contributed by atoms with E-state index in [1.807, 2.05) is 37.3 Å². The summed E-state index contributed by atoms with van der Waals surface area (Å²) in [6, 6.07) is 15.6. The lowest BCUT2D eigenvalue weighted by Crippen LogP contribution is -2.45. The summed E-state index contributed by atoms with van der Waals surface area (Å²) in [5, 5.41) is 5.09. The highest BCUT2D eigenvalue weighted by Crippen LogP contribution is 2.38. The van der Waals surface area contributed by atoms with E-state index in [0.717, 1.165) is 22.2 Å². The van der Waals surface area contributed by atoms with Crippen LogP contribution < -0.4 is 15.4 Å². The van der Waals surface area contributed by atoms with Gasteiger partial charge in [0.1, 0.15) is 17.9 Å². The van der Waals surface area contributed by atoms with Gasteiger partial charge in [0, 0.05) is 16.6 Å². The number of pyridine rings is 1. The van der Waals surface area contributed by atoms with Gasteiger partial charge in [-0.05, 0) is 62.6 Å². The van der Waals surface area contributed by atoms with Crippen molar-refractivity contribution in [1.29, 1.82) is 0 Å². The van der Waals surface area contributed by atoms with Crippen molar-refractivity contribution < 1.29 is 22.7 Å². The number of ether oxygens (including phenoxy) is 1. The second-order valence-electron chi connectivity index (χ2n) is 8.60. The molecule has 1 saturated heterocycles. The standard InChI is InChI=1S/C24H23N3O5S/c1-15-12-16(20-4-2-3-5-21(20)25-15)14-32-17-6-8-18(9-7-17)33(30,31)19-10-11-24(13-19)22(28)26-23(29)27-24/h2-9,12,19H,10-11,13-14H2,1H3,(H2,26,27,28,29). The fourth-order valence-electron chi connectivity index (χ4n) is 4.71. The topological polar surface area (TPSA) is 114 Å². The number of para-hydroxylation sites is 1. The Bertz CT molecular complexity index is 1370. The molecule has 33 heavy (non-hydrogen) atoms. The molecule has 3 amide bonds. The van der Waals surface area contributed by atoms with Gasteiger partial charge in [-0.25, -0.2) is 13.2 Å². The van der Waals surface area contributed by atoms with E-state index in [-0.39, 0.29) is 11.3 Å². The molecule has 5 rings (SSSR count). The molecule has 2 atom stereocenters. The molecule has 0 radical (unpaired) electrons. The van der Waals surface area contributed by atoms with E-state index in [9.17, 15) is 18.0 Å². The van der Waals surface area contributed by atoms with Crippen LogP contribution in [0.15, 0.2) is 59.5 Å². The van der Waals surface area contributed by atoms with Crippen molar-refractivity contribution in [3.05, 3.63) is 65.9 Å². The predicted molar refractivity (Wildman–Crippen MR) is 121 cm³/mol. The smallest absolute Gasteiger partial charge is 0.322 e. The van der Waals surface area contributed by atoms with E-state index in [2.05, 4.69) is 15.6 Å². The van der Waals surface area contributed by atoms with Gasteiger partial charge in [0.05, 0.1) is 15.7 Å². The number of aromatic nitrogens is 1. The Labute approximate surface area is 191 Å². The summed E-state index contributed by atoms with van der Waals surface area (Å²) in [5.41, 5.74) is 1.68. The highest BCUT2D eigenvalue weighted by atomic mass is 32.2. The molecule has 170 valence electrons. The van der Waals surface area contributed by atoms with E-state index in [1.165, 1.54) is 12.1 Å². The van der Waals surface area contributed by atoms with Gasteiger partial charge in [-0.1, -0.05) is 18.2 Å². The van der Waals surface area contributed by atoms with Gasteiger partial charge < -0.3 is 10.1 Å². The molecule has 2 heterocycles. The maximum Gasteiger partial charge on any atom is 0.322 e. The molecule has 1 aliphatic carbocycles. The molecular formula is C24H23N3O5S. The van der Waals surface area contributed by atoms with Gasteiger partial charge in [-0.15, -0.1) is 0 Å². The zero-order chi connectivity index (χ0) is 23.2. The van der Waals surface area contributed by atoms with Crippen LogP contribution in [0.1, 0.15) is 30.5 Å². The maximum absolute atomic E-state index is 13.1. The minimum absolute atomic E-state index is 0.0691. The number of hydrogen-bond donors (Lipinski definition) is 2. The third kappa shape index (κ3) is 3.82. The fraction of sp³-hybridized carbons (Fsp3) is 0.292. The Balaban J connectivity index is 1.30. The molecule has 8 nitrogen and oxygen atoms in total. The number of nitrogens with zero attached hydrogens (tertiary/aromatic N) is 1. The van der Waals surface area contributed by atoms with Gasteiger partial charge >= 0.3 is 6.03 Å². The summed E-state index contributed by atoms with van der Waals surface area (Å²) in [5.74, 6) is 0.102. The van der Waals surface area contributed by atoms with Crippen molar-refractivity contribution in [1.82, 2.24) is 15.6 Å². The molecule has 2 aliphatic rings. The Kier molecular flexibility index (Phi) is 5.08. The van der Waals surface area contributed by atoms with Crippen LogP contribution >= 0.6 is 0 Å². The minimum Gasteiger partial charge on any atom is -0.489 e. The molecule has 1 saturated carbocycles. The largest absolute Gasteiger partial charge is 0.489 e. The highest BCUT2D eigenvalue weighted by Gasteiger charge is 2.53. The molecule has 2 unspecified atom stereocenters. The molecule has 1 spiro atoms. The first-order valence-electron chi connectivity index (χ1n) is 10.7. The summed E-state index contributed by atoms with van der Waals surface area (Å²) >= 11 is 0. The maximum atomic E-state index is 13.1. The molecular weight excluding hydrogens is 442 g/mol.